The molecular formula is C19H15F3N2O2. The van der Waals surface area contributed by atoms with Gasteiger partial charge in [-0.25, -0.2) is 0 Å². The maximum Gasteiger partial charge on any atom is 0.423 e. The van der Waals surface area contributed by atoms with Crippen LogP contribution in [0.1, 0.15) is 15.9 Å². The molecule has 0 saturated heterocycles. The van der Waals surface area contributed by atoms with Crippen molar-refractivity contribution in [2.45, 2.75) is 11.8 Å². The predicted molar refractivity (Wildman–Crippen MR) is 90.5 cm³/mol. The van der Waals surface area contributed by atoms with Gasteiger partial charge in [0.2, 0.25) is 5.60 Å². The number of hydrogen-bond acceptors (Lipinski definition) is 3. The largest absolute Gasteiger partial charge is 0.423 e. The Morgan fingerprint density at radius 3 is 2.35 bits per heavy atom. The van der Waals surface area contributed by atoms with Crippen LogP contribution >= 0.6 is 0 Å². The number of benzene rings is 2. The number of alkyl halides is 3. The number of nitrogens with one attached hydrogen (secondary N) is 1. The number of hydrogen-bond donors (Lipinski definition) is 2. The average Bonchev–Trinajstić information content (AvgIpc) is 2.65. The fourth-order valence-electron chi connectivity index (χ4n) is 2.68. The van der Waals surface area contributed by atoms with Gasteiger partial charge in [0.05, 0.1) is 12.1 Å². The second-order valence-corrected chi connectivity index (χ2v) is 5.81. The Balaban J connectivity index is 1.89. The summed E-state index contributed by atoms with van der Waals surface area (Å²) in [6, 6.07) is 13.6. The highest BCUT2D eigenvalue weighted by atomic mass is 19.4. The maximum absolute atomic E-state index is 13.5. The summed E-state index contributed by atoms with van der Waals surface area (Å²) in [6.07, 6.45) is -2.12. The predicted octanol–water partition coefficient (Wildman–Crippen LogP) is 3.41. The lowest BCUT2D eigenvalue weighted by Gasteiger charge is -2.31. The number of fused-ring (bicyclic) bond motifs is 1. The van der Waals surface area contributed by atoms with E-state index in [4.69, 9.17) is 0 Å². The molecule has 7 heteroatoms. The van der Waals surface area contributed by atoms with Crippen LogP contribution < -0.4 is 5.32 Å². The van der Waals surface area contributed by atoms with Gasteiger partial charge in [-0.1, -0.05) is 54.6 Å². The number of amides is 1. The van der Waals surface area contributed by atoms with E-state index in [9.17, 15) is 23.1 Å². The van der Waals surface area contributed by atoms with Gasteiger partial charge in [-0.2, -0.15) is 13.2 Å². The van der Waals surface area contributed by atoms with Crippen molar-refractivity contribution in [3.63, 3.8) is 0 Å². The Hall–Kier alpha value is -2.93. The summed E-state index contributed by atoms with van der Waals surface area (Å²) < 4.78 is 40.4. The number of aromatic nitrogens is 1. The Kier molecular flexibility index (Phi) is 4.65. The normalized spacial score (nSPS) is 14.0. The van der Waals surface area contributed by atoms with Crippen molar-refractivity contribution in [1.82, 2.24) is 10.3 Å². The fourth-order valence-corrected chi connectivity index (χ4v) is 2.68. The molecule has 0 saturated carbocycles. The lowest BCUT2D eigenvalue weighted by Crippen LogP contribution is -2.51. The number of aliphatic hydroxyl groups is 1. The minimum absolute atomic E-state index is 0.140. The van der Waals surface area contributed by atoms with Crippen LogP contribution in [0.4, 0.5) is 13.2 Å². The molecule has 1 amide bonds. The number of carbonyl (C=O) groups excluding carboxylic acids is 1. The third kappa shape index (κ3) is 3.25. The van der Waals surface area contributed by atoms with Crippen molar-refractivity contribution in [3.8, 4) is 0 Å². The summed E-state index contributed by atoms with van der Waals surface area (Å²) in [7, 11) is 0. The summed E-state index contributed by atoms with van der Waals surface area (Å²) >= 11 is 0. The molecule has 2 aromatic carbocycles. The highest BCUT2D eigenvalue weighted by Gasteiger charge is 2.55. The molecule has 1 aromatic heterocycles. The molecule has 1 unspecified atom stereocenters. The zero-order valence-corrected chi connectivity index (χ0v) is 13.5. The van der Waals surface area contributed by atoms with Crippen LogP contribution in [0.15, 0.2) is 67.0 Å². The average molecular weight is 360 g/mol. The minimum Gasteiger partial charge on any atom is -0.375 e. The molecule has 0 aliphatic carbocycles. The number of nitrogens with zero attached hydrogens (tertiary/aromatic N) is 1. The maximum atomic E-state index is 13.5. The summed E-state index contributed by atoms with van der Waals surface area (Å²) in [6.45, 7) is -1.01. The Morgan fingerprint density at radius 1 is 1.00 bits per heavy atom. The first kappa shape index (κ1) is 17.9. The lowest BCUT2D eigenvalue weighted by atomic mass is 9.93. The monoisotopic (exact) mass is 360 g/mol. The number of rotatable bonds is 4. The van der Waals surface area contributed by atoms with Crippen LogP contribution in [0, 0.1) is 0 Å². The summed E-state index contributed by atoms with van der Waals surface area (Å²) in [4.78, 5) is 16.4. The zero-order chi connectivity index (χ0) is 18.8. The van der Waals surface area contributed by atoms with Gasteiger partial charge in [-0.3, -0.25) is 9.78 Å². The van der Waals surface area contributed by atoms with Crippen LogP contribution in [0.3, 0.4) is 0 Å². The third-order valence-electron chi connectivity index (χ3n) is 4.14. The van der Waals surface area contributed by atoms with E-state index >= 15 is 0 Å². The van der Waals surface area contributed by atoms with Crippen molar-refractivity contribution < 1.29 is 23.1 Å². The number of halogens is 3. The zero-order valence-electron chi connectivity index (χ0n) is 13.5. The Labute approximate surface area is 147 Å². The smallest absolute Gasteiger partial charge is 0.375 e. The van der Waals surface area contributed by atoms with Gasteiger partial charge in [-0.05, 0) is 10.9 Å². The molecule has 2 N–H and O–H groups in total. The molecule has 26 heavy (non-hydrogen) atoms. The molecule has 4 nitrogen and oxygen atoms in total. The van der Waals surface area contributed by atoms with E-state index in [2.05, 4.69) is 10.3 Å². The van der Waals surface area contributed by atoms with E-state index in [0.717, 1.165) is 0 Å². The van der Waals surface area contributed by atoms with E-state index in [1.165, 1.54) is 30.5 Å². The molecule has 3 aromatic rings. The molecule has 134 valence electrons. The van der Waals surface area contributed by atoms with Crippen molar-refractivity contribution in [2.24, 2.45) is 0 Å². The van der Waals surface area contributed by atoms with Crippen LogP contribution in [0.25, 0.3) is 10.8 Å². The van der Waals surface area contributed by atoms with Crippen LogP contribution in [0.2, 0.25) is 0 Å². The van der Waals surface area contributed by atoms with Gasteiger partial charge in [0.1, 0.15) is 0 Å². The first-order chi connectivity index (χ1) is 12.3. The molecule has 3 rings (SSSR count). The molecule has 1 heterocycles. The van der Waals surface area contributed by atoms with Crippen LogP contribution in [-0.4, -0.2) is 28.7 Å². The van der Waals surface area contributed by atoms with E-state index in [1.54, 1.807) is 36.5 Å². The lowest BCUT2D eigenvalue weighted by molar-refractivity contribution is -0.263. The van der Waals surface area contributed by atoms with Crippen LogP contribution in [-0.2, 0) is 5.60 Å². The fraction of sp³-hybridized carbons (Fsp3) is 0.158. The van der Waals surface area contributed by atoms with Crippen molar-refractivity contribution in [2.75, 3.05) is 6.54 Å². The number of pyridine rings is 1. The van der Waals surface area contributed by atoms with E-state index in [1.807, 2.05) is 0 Å². The van der Waals surface area contributed by atoms with Gasteiger partial charge in [0.25, 0.3) is 5.91 Å². The topological polar surface area (TPSA) is 62.2 Å². The number of carbonyl (C=O) groups is 1. The second kappa shape index (κ2) is 6.76. The van der Waals surface area contributed by atoms with E-state index in [-0.39, 0.29) is 11.1 Å². The van der Waals surface area contributed by atoms with E-state index in [0.29, 0.717) is 10.8 Å². The van der Waals surface area contributed by atoms with Gasteiger partial charge in [0, 0.05) is 17.8 Å². The van der Waals surface area contributed by atoms with Gasteiger partial charge in [0.15, 0.2) is 0 Å². The summed E-state index contributed by atoms with van der Waals surface area (Å²) in [5.74, 6) is -0.743. The highest BCUT2D eigenvalue weighted by Crippen LogP contribution is 2.38. The van der Waals surface area contributed by atoms with Gasteiger partial charge in [-0.15, -0.1) is 0 Å². The summed E-state index contributed by atoms with van der Waals surface area (Å²) in [5, 5.41) is 13.7. The SMILES string of the molecule is O=C(NCC(O)(c1ccccc1)C(F)(F)F)c1cncc2ccccc12. The van der Waals surface area contributed by atoms with Crippen molar-refractivity contribution >= 4 is 16.7 Å². The van der Waals surface area contributed by atoms with Gasteiger partial charge >= 0.3 is 6.18 Å². The first-order valence-electron chi connectivity index (χ1n) is 7.78. The molecular weight excluding hydrogens is 345 g/mol. The quantitative estimate of drug-likeness (QED) is 0.750. The van der Waals surface area contributed by atoms with Crippen molar-refractivity contribution in [3.05, 3.63) is 78.1 Å². The highest BCUT2D eigenvalue weighted by molar-refractivity contribution is 6.06. The van der Waals surface area contributed by atoms with Gasteiger partial charge < -0.3 is 10.4 Å². The molecule has 0 fully saturated rings. The molecule has 0 spiro atoms. The van der Waals surface area contributed by atoms with Crippen LogP contribution in [0.5, 0.6) is 0 Å². The minimum atomic E-state index is -4.96. The Bertz CT molecular complexity index is 923. The molecule has 0 bridgehead atoms. The molecule has 0 radical (unpaired) electrons. The Morgan fingerprint density at radius 2 is 1.65 bits per heavy atom. The molecule has 0 aliphatic rings. The summed E-state index contributed by atoms with van der Waals surface area (Å²) in [5.41, 5.74) is -3.40. The third-order valence-corrected chi connectivity index (χ3v) is 4.14. The first-order valence-corrected chi connectivity index (χ1v) is 7.78. The standard InChI is InChI=1S/C19H15F3N2O2/c20-19(21,22)18(26,14-7-2-1-3-8-14)12-24-17(25)16-11-23-10-13-6-4-5-9-15(13)16/h1-11,26H,12H2,(H,24,25). The van der Waals surface area contributed by atoms with E-state index < -0.39 is 24.2 Å². The molecule has 0 aliphatic heterocycles. The molecule has 1 atom stereocenters. The van der Waals surface area contributed by atoms with Crippen molar-refractivity contribution in [1.29, 1.82) is 0 Å². The second-order valence-electron chi connectivity index (χ2n) is 5.81.